The Kier molecular flexibility index (Phi) is 5.39. The quantitative estimate of drug-likeness (QED) is 0.341. The van der Waals surface area contributed by atoms with Crippen LogP contribution in [0.4, 0.5) is 5.69 Å². The summed E-state index contributed by atoms with van der Waals surface area (Å²) in [6, 6.07) is 24.6. The normalized spacial score (nSPS) is 11.0. The highest BCUT2D eigenvalue weighted by molar-refractivity contribution is 6.06. The molecule has 1 heterocycles. The molecule has 0 saturated heterocycles. The van der Waals surface area contributed by atoms with Gasteiger partial charge in [0.2, 0.25) is 5.91 Å². The van der Waals surface area contributed by atoms with Gasteiger partial charge in [0.05, 0.1) is 11.9 Å². The highest BCUT2D eigenvalue weighted by atomic mass is 16.2. The van der Waals surface area contributed by atoms with E-state index in [2.05, 4.69) is 20.8 Å². The molecule has 6 nitrogen and oxygen atoms in total. The van der Waals surface area contributed by atoms with E-state index in [1.165, 1.54) is 6.92 Å². The Morgan fingerprint density at radius 3 is 2.50 bits per heavy atom. The fraction of sp³-hybridized carbons (Fsp3) is 0.0417. The van der Waals surface area contributed by atoms with E-state index >= 15 is 0 Å². The third kappa shape index (κ3) is 4.12. The van der Waals surface area contributed by atoms with Gasteiger partial charge in [-0.05, 0) is 29.8 Å². The van der Waals surface area contributed by atoms with E-state index in [-0.39, 0.29) is 11.8 Å². The predicted octanol–water partition coefficient (Wildman–Crippen LogP) is 4.56. The van der Waals surface area contributed by atoms with Crippen LogP contribution in [0, 0.1) is 0 Å². The van der Waals surface area contributed by atoms with Crippen molar-refractivity contribution in [2.24, 2.45) is 5.10 Å². The molecule has 0 atom stereocenters. The second-order valence-electron chi connectivity index (χ2n) is 6.79. The second-order valence-corrected chi connectivity index (χ2v) is 6.79. The maximum absolute atomic E-state index is 12.5. The SMILES string of the molecule is CC(=O)Nc1cccc(C(=O)N/N=C/c2c(-c3ccccc3)[nH]c3ccccc23)c1. The number of nitrogens with zero attached hydrogens (tertiary/aromatic N) is 1. The summed E-state index contributed by atoms with van der Waals surface area (Å²) in [5.41, 5.74) is 7.38. The Morgan fingerprint density at radius 2 is 1.70 bits per heavy atom. The molecule has 2 amide bonds. The number of carbonyl (C=O) groups excluding carboxylic acids is 2. The molecule has 6 heteroatoms. The summed E-state index contributed by atoms with van der Waals surface area (Å²) in [5, 5.41) is 7.86. The summed E-state index contributed by atoms with van der Waals surface area (Å²) in [6.07, 6.45) is 1.65. The van der Waals surface area contributed by atoms with Crippen molar-refractivity contribution < 1.29 is 9.59 Å². The van der Waals surface area contributed by atoms with Crippen LogP contribution in [-0.4, -0.2) is 23.0 Å². The average Bonchev–Trinajstić information content (AvgIpc) is 3.13. The van der Waals surface area contributed by atoms with Crippen molar-refractivity contribution in [3.8, 4) is 11.3 Å². The lowest BCUT2D eigenvalue weighted by atomic mass is 10.1. The van der Waals surface area contributed by atoms with Gasteiger partial charge >= 0.3 is 0 Å². The highest BCUT2D eigenvalue weighted by Gasteiger charge is 2.11. The van der Waals surface area contributed by atoms with Gasteiger partial charge in [-0.3, -0.25) is 9.59 Å². The summed E-state index contributed by atoms with van der Waals surface area (Å²) >= 11 is 0. The Hall–Kier alpha value is -4.19. The molecule has 4 rings (SSSR count). The molecule has 1 aromatic heterocycles. The predicted molar refractivity (Wildman–Crippen MR) is 120 cm³/mol. The van der Waals surface area contributed by atoms with Crippen LogP contribution in [0.1, 0.15) is 22.8 Å². The lowest BCUT2D eigenvalue weighted by Gasteiger charge is -2.05. The number of H-pyrrole nitrogens is 1. The number of fused-ring (bicyclic) bond motifs is 1. The van der Waals surface area contributed by atoms with Gasteiger partial charge in [0, 0.05) is 34.6 Å². The molecule has 0 saturated carbocycles. The molecule has 0 unspecified atom stereocenters. The maximum atomic E-state index is 12.5. The highest BCUT2D eigenvalue weighted by Crippen LogP contribution is 2.28. The topological polar surface area (TPSA) is 86.3 Å². The molecule has 3 N–H and O–H groups in total. The minimum Gasteiger partial charge on any atom is -0.354 e. The Morgan fingerprint density at radius 1 is 0.933 bits per heavy atom. The van der Waals surface area contributed by atoms with Crippen LogP contribution in [0.2, 0.25) is 0 Å². The Labute approximate surface area is 173 Å². The molecule has 0 fully saturated rings. The lowest BCUT2D eigenvalue weighted by molar-refractivity contribution is -0.114. The van der Waals surface area contributed by atoms with Crippen molar-refractivity contribution in [2.75, 3.05) is 5.32 Å². The molecule has 0 bridgehead atoms. The van der Waals surface area contributed by atoms with Crippen molar-refractivity contribution in [3.05, 3.63) is 90.0 Å². The van der Waals surface area contributed by atoms with E-state index < -0.39 is 0 Å². The Balaban J connectivity index is 1.60. The number of anilines is 1. The molecule has 148 valence electrons. The van der Waals surface area contributed by atoms with E-state index in [4.69, 9.17) is 0 Å². The van der Waals surface area contributed by atoms with Crippen molar-refractivity contribution >= 4 is 34.6 Å². The minimum atomic E-state index is -0.362. The summed E-state index contributed by atoms with van der Waals surface area (Å²) < 4.78 is 0. The number of hydrogen-bond donors (Lipinski definition) is 3. The van der Waals surface area contributed by atoms with E-state index in [0.29, 0.717) is 11.3 Å². The van der Waals surface area contributed by atoms with Crippen LogP contribution in [-0.2, 0) is 4.79 Å². The van der Waals surface area contributed by atoms with Crippen molar-refractivity contribution in [2.45, 2.75) is 6.92 Å². The molecule has 0 aliphatic rings. The maximum Gasteiger partial charge on any atom is 0.271 e. The van der Waals surface area contributed by atoms with E-state index in [1.54, 1.807) is 30.5 Å². The summed E-state index contributed by atoms with van der Waals surface area (Å²) in [5.74, 6) is -0.557. The van der Waals surface area contributed by atoms with Crippen LogP contribution in [0.15, 0.2) is 84.0 Å². The van der Waals surface area contributed by atoms with Crippen LogP contribution >= 0.6 is 0 Å². The zero-order chi connectivity index (χ0) is 20.9. The third-order valence-electron chi connectivity index (χ3n) is 4.61. The molecule has 0 aliphatic heterocycles. The van der Waals surface area contributed by atoms with Crippen LogP contribution in [0.5, 0.6) is 0 Å². The zero-order valence-corrected chi connectivity index (χ0v) is 16.3. The van der Waals surface area contributed by atoms with Gasteiger partial charge in [-0.1, -0.05) is 54.6 Å². The number of hydrazone groups is 1. The standard InChI is InChI=1S/C24H20N4O2/c1-16(29)26-19-11-7-10-18(14-19)24(30)28-25-15-21-20-12-5-6-13-22(20)27-23(21)17-8-3-2-4-9-17/h2-15,27H,1H3,(H,26,29)(H,28,30)/b25-15+. The van der Waals surface area contributed by atoms with Crippen LogP contribution < -0.4 is 10.7 Å². The number of carbonyl (C=O) groups is 2. The van der Waals surface area contributed by atoms with E-state index in [0.717, 1.165) is 27.7 Å². The van der Waals surface area contributed by atoms with Gasteiger partial charge in [0.25, 0.3) is 5.91 Å². The summed E-state index contributed by atoms with van der Waals surface area (Å²) in [6.45, 7) is 1.42. The molecule has 0 radical (unpaired) electrons. The van der Waals surface area contributed by atoms with Crippen LogP contribution in [0.3, 0.4) is 0 Å². The number of hydrogen-bond acceptors (Lipinski definition) is 3. The largest absolute Gasteiger partial charge is 0.354 e. The lowest BCUT2D eigenvalue weighted by Crippen LogP contribution is -2.18. The van der Waals surface area contributed by atoms with Gasteiger partial charge in [0.1, 0.15) is 0 Å². The molecule has 4 aromatic rings. The molecular weight excluding hydrogens is 376 g/mol. The number of benzene rings is 3. The van der Waals surface area contributed by atoms with Gasteiger partial charge in [0.15, 0.2) is 0 Å². The third-order valence-corrected chi connectivity index (χ3v) is 4.61. The first-order valence-electron chi connectivity index (χ1n) is 9.49. The van der Waals surface area contributed by atoms with Crippen molar-refractivity contribution in [1.82, 2.24) is 10.4 Å². The van der Waals surface area contributed by atoms with E-state index in [9.17, 15) is 9.59 Å². The van der Waals surface area contributed by atoms with Crippen LogP contribution in [0.25, 0.3) is 22.2 Å². The van der Waals surface area contributed by atoms with Crippen molar-refractivity contribution in [1.29, 1.82) is 0 Å². The number of nitrogens with one attached hydrogen (secondary N) is 3. The average molecular weight is 396 g/mol. The van der Waals surface area contributed by atoms with Gasteiger partial charge in [-0.15, -0.1) is 0 Å². The first kappa shape index (κ1) is 19.1. The van der Waals surface area contributed by atoms with Crippen molar-refractivity contribution in [3.63, 3.8) is 0 Å². The molecular formula is C24H20N4O2. The van der Waals surface area contributed by atoms with Gasteiger partial charge < -0.3 is 10.3 Å². The fourth-order valence-corrected chi connectivity index (χ4v) is 3.29. The number of para-hydroxylation sites is 1. The van der Waals surface area contributed by atoms with Gasteiger partial charge in [-0.2, -0.15) is 5.10 Å². The van der Waals surface area contributed by atoms with E-state index in [1.807, 2.05) is 54.6 Å². The molecule has 0 spiro atoms. The minimum absolute atomic E-state index is 0.196. The zero-order valence-electron chi connectivity index (χ0n) is 16.3. The monoisotopic (exact) mass is 396 g/mol. The van der Waals surface area contributed by atoms with Gasteiger partial charge in [-0.25, -0.2) is 5.43 Å². The smallest absolute Gasteiger partial charge is 0.271 e. The number of aromatic nitrogens is 1. The Bertz CT molecular complexity index is 1240. The first-order valence-corrected chi connectivity index (χ1v) is 9.49. The molecule has 0 aliphatic carbocycles. The first-order chi connectivity index (χ1) is 14.6. The molecule has 3 aromatic carbocycles. The molecule has 30 heavy (non-hydrogen) atoms. The number of rotatable bonds is 5. The summed E-state index contributed by atoms with van der Waals surface area (Å²) in [7, 11) is 0. The fourth-order valence-electron chi connectivity index (χ4n) is 3.29. The summed E-state index contributed by atoms with van der Waals surface area (Å²) in [4.78, 5) is 27.1. The second kappa shape index (κ2) is 8.45. The number of aromatic amines is 1. The number of amides is 2.